The molecular formula is C16H22O3. The number of hydrogen-bond donors (Lipinski definition) is 2. The molecule has 1 fully saturated rings. The fraction of sp³-hybridized carbons (Fsp3) is 0.562. The number of benzene rings is 1. The van der Waals surface area contributed by atoms with Gasteiger partial charge in [-0.1, -0.05) is 24.3 Å². The minimum atomic E-state index is -0.725. The van der Waals surface area contributed by atoms with Gasteiger partial charge in [0.15, 0.2) is 0 Å². The van der Waals surface area contributed by atoms with Crippen LogP contribution in [0.25, 0.3) is 0 Å². The highest BCUT2D eigenvalue weighted by molar-refractivity contribution is 5.68. The Hall–Kier alpha value is -1.35. The van der Waals surface area contributed by atoms with Gasteiger partial charge in [0, 0.05) is 6.42 Å². The quantitative estimate of drug-likeness (QED) is 0.828. The summed E-state index contributed by atoms with van der Waals surface area (Å²) in [6.07, 6.45) is 3.11. The van der Waals surface area contributed by atoms with Crippen molar-refractivity contribution in [2.75, 3.05) is 0 Å². The molecule has 1 saturated carbocycles. The predicted octanol–water partition coefficient (Wildman–Crippen LogP) is 2.97. The number of aliphatic carboxylic acids is 1. The highest BCUT2D eigenvalue weighted by Gasteiger charge is 2.33. The molecule has 0 radical (unpaired) electrons. The molecule has 0 aliphatic heterocycles. The van der Waals surface area contributed by atoms with E-state index < -0.39 is 11.6 Å². The Labute approximate surface area is 114 Å². The second-order valence-corrected chi connectivity index (χ2v) is 6.27. The zero-order valence-electron chi connectivity index (χ0n) is 11.6. The van der Waals surface area contributed by atoms with Crippen molar-refractivity contribution < 1.29 is 15.0 Å². The van der Waals surface area contributed by atoms with Gasteiger partial charge in [-0.15, -0.1) is 0 Å². The van der Waals surface area contributed by atoms with E-state index in [-0.39, 0.29) is 12.3 Å². The zero-order chi connectivity index (χ0) is 14.0. The molecule has 0 spiro atoms. The van der Waals surface area contributed by atoms with Crippen molar-refractivity contribution in [3.63, 3.8) is 0 Å². The summed E-state index contributed by atoms with van der Waals surface area (Å²) in [6, 6.07) is 8.05. The Morgan fingerprint density at radius 1 is 1.32 bits per heavy atom. The van der Waals surface area contributed by atoms with E-state index in [1.165, 1.54) is 0 Å². The van der Waals surface area contributed by atoms with Crippen molar-refractivity contribution in [2.45, 2.75) is 51.0 Å². The van der Waals surface area contributed by atoms with Gasteiger partial charge < -0.3 is 10.2 Å². The summed E-state index contributed by atoms with van der Waals surface area (Å²) in [6.45, 7) is 3.58. The van der Waals surface area contributed by atoms with Crippen molar-refractivity contribution >= 4 is 5.97 Å². The molecule has 1 unspecified atom stereocenters. The monoisotopic (exact) mass is 262 g/mol. The lowest BCUT2D eigenvalue weighted by Crippen LogP contribution is -2.21. The third-order valence-corrected chi connectivity index (χ3v) is 3.63. The average Bonchev–Trinajstić information content (AvgIpc) is 3.08. The number of hydrogen-bond acceptors (Lipinski definition) is 2. The van der Waals surface area contributed by atoms with Gasteiger partial charge in [0.05, 0.1) is 12.0 Å². The first-order valence-corrected chi connectivity index (χ1v) is 6.88. The maximum atomic E-state index is 10.9. The van der Waals surface area contributed by atoms with Crippen molar-refractivity contribution in [1.82, 2.24) is 0 Å². The molecule has 0 heterocycles. The topological polar surface area (TPSA) is 57.5 Å². The molecular weight excluding hydrogens is 240 g/mol. The predicted molar refractivity (Wildman–Crippen MR) is 74.2 cm³/mol. The average molecular weight is 262 g/mol. The first-order valence-electron chi connectivity index (χ1n) is 6.88. The van der Waals surface area contributed by atoms with E-state index in [9.17, 15) is 9.90 Å². The second-order valence-electron chi connectivity index (χ2n) is 6.27. The van der Waals surface area contributed by atoms with Crippen LogP contribution >= 0.6 is 0 Å². The lowest BCUT2D eigenvalue weighted by atomic mass is 9.89. The number of carbonyl (C=O) groups is 1. The zero-order valence-corrected chi connectivity index (χ0v) is 11.6. The standard InChI is InChI=1S/C16H22O3/c1-16(2,19)10-11-3-5-12(6-4-11)14(9-15(17)18)13-7-8-13/h3-6,13-14,19H,7-10H2,1-2H3,(H,17,18). The van der Waals surface area contributed by atoms with Gasteiger partial charge in [-0.25, -0.2) is 0 Å². The van der Waals surface area contributed by atoms with Crippen molar-refractivity contribution in [3.05, 3.63) is 35.4 Å². The maximum Gasteiger partial charge on any atom is 0.303 e. The molecule has 0 saturated heterocycles. The second kappa shape index (κ2) is 5.33. The molecule has 1 aliphatic carbocycles. The lowest BCUT2D eigenvalue weighted by molar-refractivity contribution is -0.137. The van der Waals surface area contributed by atoms with E-state index >= 15 is 0 Å². The fourth-order valence-electron chi connectivity index (χ4n) is 2.63. The van der Waals surface area contributed by atoms with Crippen molar-refractivity contribution in [3.8, 4) is 0 Å². The summed E-state index contributed by atoms with van der Waals surface area (Å²) in [5.74, 6) is -0.0395. The highest BCUT2D eigenvalue weighted by Crippen LogP contribution is 2.44. The number of carboxylic acids is 1. The number of aliphatic hydroxyl groups is 1. The molecule has 1 aromatic rings. The minimum Gasteiger partial charge on any atom is -0.481 e. The van der Waals surface area contributed by atoms with Crippen LogP contribution in [0.5, 0.6) is 0 Å². The molecule has 1 aliphatic rings. The Kier molecular flexibility index (Phi) is 3.95. The number of rotatable bonds is 6. The van der Waals surface area contributed by atoms with Crippen LogP contribution in [-0.2, 0) is 11.2 Å². The summed E-state index contributed by atoms with van der Waals surface area (Å²) < 4.78 is 0. The van der Waals surface area contributed by atoms with Crippen LogP contribution in [0.3, 0.4) is 0 Å². The molecule has 3 nitrogen and oxygen atoms in total. The molecule has 0 amide bonds. The van der Waals surface area contributed by atoms with Crippen LogP contribution in [0.2, 0.25) is 0 Å². The Balaban J connectivity index is 2.09. The van der Waals surface area contributed by atoms with Crippen LogP contribution in [0, 0.1) is 5.92 Å². The van der Waals surface area contributed by atoms with Gasteiger partial charge >= 0.3 is 5.97 Å². The minimum absolute atomic E-state index is 0.147. The molecule has 19 heavy (non-hydrogen) atoms. The SMILES string of the molecule is CC(C)(O)Cc1ccc(C(CC(=O)O)C2CC2)cc1. The van der Waals surface area contributed by atoms with Gasteiger partial charge in [0.1, 0.15) is 0 Å². The van der Waals surface area contributed by atoms with Crippen molar-refractivity contribution in [1.29, 1.82) is 0 Å². The van der Waals surface area contributed by atoms with Gasteiger partial charge in [-0.2, -0.15) is 0 Å². The Morgan fingerprint density at radius 3 is 2.32 bits per heavy atom. The Morgan fingerprint density at radius 2 is 1.89 bits per heavy atom. The van der Waals surface area contributed by atoms with E-state index in [4.69, 9.17) is 5.11 Å². The molecule has 0 aromatic heterocycles. The molecule has 1 atom stereocenters. The molecule has 1 aromatic carbocycles. The van der Waals surface area contributed by atoms with E-state index in [0.29, 0.717) is 12.3 Å². The fourth-order valence-corrected chi connectivity index (χ4v) is 2.63. The van der Waals surface area contributed by atoms with Gasteiger partial charge in [-0.05, 0) is 49.7 Å². The van der Waals surface area contributed by atoms with E-state index in [1.807, 2.05) is 24.3 Å². The lowest BCUT2D eigenvalue weighted by Gasteiger charge is -2.18. The van der Waals surface area contributed by atoms with Crippen LogP contribution in [0.1, 0.15) is 50.2 Å². The van der Waals surface area contributed by atoms with Crippen LogP contribution in [-0.4, -0.2) is 21.8 Å². The third kappa shape index (κ3) is 4.35. The molecule has 2 rings (SSSR count). The van der Waals surface area contributed by atoms with E-state index in [0.717, 1.165) is 24.0 Å². The summed E-state index contributed by atoms with van der Waals surface area (Å²) in [5.41, 5.74) is 1.49. The van der Waals surface area contributed by atoms with E-state index in [2.05, 4.69) is 0 Å². The summed E-state index contributed by atoms with van der Waals surface area (Å²) in [5, 5.41) is 18.8. The van der Waals surface area contributed by atoms with Gasteiger partial charge in [0.2, 0.25) is 0 Å². The maximum absolute atomic E-state index is 10.9. The van der Waals surface area contributed by atoms with Crippen LogP contribution < -0.4 is 0 Å². The molecule has 3 heteroatoms. The third-order valence-electron chi connectivity index (χ3n) is 3.63. The van der Waals surface area contributed by atoms with Gasteiger partial charge in [-0.3, -0.25) is 4.79 Å². The molecule has 2 N–H and O–H groups in total. The first kappa shape index (κ1) is 14.1. The highest BCUT2D eigenvalue weighted by atomic mass is 16.4. The summed E-state index contributed by atoms with van der Waals surface area (Å²) >= 11 is 0. The Bertz CT molecular complexity index is 438. The van der Waals surface area contributed by atoms with Gasteiger partial charge in [0.25, 0.3) is 0 Å². The number of carboxylic acid groups (broad SMARTS) is 1. The molecule has 104 valence electrons. The smallest absolute Gasteiger partial charge is 0.303 e. The largest absolute Gasteiger partial charge is 0.481 e. The molecule has 0 bridgehead atoms. The van der Waals surface area contributed by atoms with E-state index in [1.54, 1.807) is 13.8 Å². The first-order chi connectivity index (χ1) is 8.85. The van der Waals surface area contributed by atoms with Crippen LogP contribution in [0.15, 0.2) is 24.3 Å². The summed E-state index contributed by atoms with van der Waals surface area (Å²) in [7, 11) is 0. The van der Waals surface area contributed by atoms with Crippen LogP contribution in [0.4, 0.5) is 0 Å². The van der Waals surface area contributed by atoms with Crippen molar-refractivity contribution in [2.24, 2.45) is 5.92 Å². The summed E-state index contributed by atoms with van der Waals surface area (Å²) in [4.78, 5) is 10.9. The normalized spacial score (nSPS) is 17.2.